The normalized spacial score (nSPS) is 12.7. The second kappa shape index (κ2) is 4.25. The lowest BCUT2D eigenvalue weighted by molar-refractivity contribution is -0.159. The van der Waals surface area contributed by atoms with E-state index in [2.05, 4.69) is 0 Å². The Balaban J connectivity index is 3.80. The molecule has 0 rings (SSSR count). The highest BCUT2D eigenvalue weighted by molar-refractivity contribution is 7.57. The first-order valence-electron chi connectivity index (χ1n) is 4.00. The monoisotopic (exact) mass is 208 g/mol. The summed E-state index contributed by atoms with van der Waals surface area (Å²) in [5.41, 5.74) is -0.547. The van der Waals surface area contributed by atoms with E-state index in [-0.39, 0.29) is 12.8 Å². The average Bonchev–Trinajstić information content (AvgIpc) is 1.82. The summed E-state index contributed by atoms with van der Waals surface area (Å²) >= 11 is 0. The number of carbonyl (C=O) groups excluding carboxylic acids is 1. The summed E-state index contributed by atoms with van der Waals surface area (Å²) in [5, 5.41) is 0. The first kappa shape index (κ1) is 12.7. The van der Waals surface area contributed by atoms with Crippen molar-refractivity contribution in [1.82, 2.24) is 0 Å². The Labute approximate surface area is 79.1 Å². The third-order valence-electron chi connectivity index (χ3n) is 1.17. The lowest BCUT2D eigenvalue weighted by atomic mass is 9.98. The Morgan fingerprint density at radius 3 is 2.08 bits per heavy atom. The lowest BCUT2D eigenvalue weighted by Crippen LogP contribution is -2.23. The zero-order valence-electron chi connectivity index (χ0n) is 8.79. The second-order valence-corrected chi connectivity index (χ2v) is 6.94. The van der Waals surface area contributed by atoms with Crippen LogP contribution < -0.4 is 0 Å². The summed E-state index contributed by atoms with van der Waals surface area (Å²) in [6.45, 7) is 7.93. The van der Waals surface area contributed by atoms with Crippen LogP contribution >= 0.6 is 7.37 Å². The van der Waals surface area contributed by atoms with Gasteiger partial charge in [0, 0.05) is 13.3 Å². The molecule has 0 amide bonds. The Hall–Kier alpha value is -0.340. The molecule has 0 bridgehead atoms. The smallest absolute Gasteiger partial charge is 0.313 e. The molecule has 78 valence electrons. The minimum Gasteiger partial charge on any atom is -0.438 e. The number of ether oxygens (including phenoxy) is 1. The van der Waals surface area contributed by atoms with Gasteiger partial charge in [0.1, 0.15) is 0 Å². The van der Waals surface area contributed by atoms with Gasteiger partial charge in [-0.2, -0.15) is 0 Å². The quantitative estimate of drug-likeness (QED) is 0.405. The van der Waals surface area contributed by atoms with Crippen molar-refractivity contribution in [2.75, 3.05) is 20.1 Å². The summed E-state index contributed by atoms with van der Waals surface area (Å²) in [6, 6.07) is 0. The molecule has 0 aliphatic heterocycles. The number of hydrogen-bond donors (Lipinski definition) is 0. The van der Waals surface area contributed by atoms with Gasteiger partial charge in [0.15, 0.2) is 14.2 Å². The summed E-state index contributed by atoms with van der Waals surface area (Å²) in [6.07, 6.45) is 0. The van der Waals surface area contributed by atoms with Gasteiger partial charge in [-0.25, -0.2) is 0 Å². The molecule has 0 aromatic heterocycles. The SMILES string of the molecule is CC(C)(C)C(=O)OCOP(C)(C)=O. The van der Waals surface area contributed by atoms with Gasteiger partial charge in [0.25, 0.3) is 0 Å². The van der Waals surface area contributed by atoms with Crippen molar-refractivity contribution in [2.24, 2.45) is 5.41 Å². The van der Waals surface area contributed by atoms with Crippen molar-refractivity contribution in [1.29, 1.82) is 0 Å². The minimum absolute atomic E-state index is 0.236. The Bertz CT molecular complexity index is 223. The van der Waals surface area contributed by atoms with Crippen molar-refractivity contribution in [3.63, 3.8) is 0 Å². The van der Waals surface area contributed by atoms with Gasteiger partial charge < -0.3 is 4.74 Å². The molecule has 0 aromatic rings. The average molecular weight is 208 g/mol. The van der Waals surface area contributed by atoms with E-state index in [4.69, 9.17) is 9.26 Å². The van der Waals surface area contributed by atoms with Gasteiger partial charge in [-0.3, -0.25) is 13.9 Å². The third kappa shape index (κ3) is 6.79. The van der Waals surface area contributed by atoms with Gasteiger partial charge in [-0.1, -0.05) is 0 Å². The van der Waals surface area contributed by atoms with Crippen molar-refractivity contribution in [3.8, 4) is 0 Å². The third-order valence-corrected chi connectivity index (χ3v) is 1.89. The zero-order chi connectivity index (χ0) is 10.7. The predicted molar refractivity (Wildman–Crippen MR) is 51.0 cm³/mol. The van der Waals surface area contributed by atoms with Crippen LogP contribution in [0.2, 0.25) is 0 Å². The zero-order valence-corrected chi connectivity index (χ0v) is 9.68. The number of hydrogen-bond acceptors (Lipinski definition) is 4. The predicted octanol–water partition coefficient (Wildman–Crippen LogP) is 2.09. The lowest BCUT2D eigenvalue weighted by Gasteiger charge is -2.17. The Morgan fingerprint density at radius 1 is 1.31 bits per heavy atom. The van der Waals surface area contributed by atoms with Gasteiger partial charge >= 0.3 is 5.97 Å². The maximum atomic E-state index is 11.2. The largest absolute Gasteiger partial charge is 0.438 e. The molecule has 0 spiro atoms. The van der Waals surface area contributed by atoms with Gasteiger partial charge in [-0.15, -0.1) is 0 Å². The van der Waals surface area contributed by atoms with Crippen LogP contribution in [0, 0.1) is 5.41 Å². The second-order valence-electron chi connectivity index (χ2n) is 4.18. The van der Waals surface area contributed by atoms with Gasteiger partial charge in [-0.05, 0) is 20.8 Å². The fourth-order valence-corrected chi connectivity index (χ4v) is 0.730. The fourth-order valence-electron chi connectivity index (χ4n) is 0.423. The van der Waals surface area contributed by atoms with E-state index < -0.39 is 12.8 Å². The first-order valence-corrected chi connectivity index (χ1v) is 6.51. The van der Waals surface area contributed by atoms with Crippen LogP contribution in [0.3, 0.4) is 0 Å². The van der Waals surface area contributed by atoms with Crippen LogP contribution in [0.4, 0.5) is 0 Å². The van der Waals surface area contributed by atoms with Crippen molar-refractivity contribution < 1.29 is 18.6 Å². The Morgan fingerprint density at radius 2 is 1.77 bits per heavy atom. The maximum absolute atomic E-state index is 11.2. The van der Waals surface area contributed by atoms with E-state index in [0.717, 1.165) is 0 Å². The summed E-state index contributed by atoms with van der Waals surface area (Å²) < 4.78 is 20.6. The molecule has 5 heteroatoms. The highest BCUT2D eigenvalue weighted by Crippen LogP contribution is 2.36. The summed E-state index contributed by atoms with van der Waals surface area (Å²) in [4.78, 5) is 11.2. The van der Waals surface area contributed by atoms with E-state index >= 15 is 0 Å². The number of esters is 1. The van der Waals surface area contributed by atoms with Gasteiger partial charge in [0.05, 0.1) is 5.41 Å². The molecular formula is C8H17O4P. The van der Waals surface area contributed by atoms with Crippen molar-refractivity contribution in [2.45, 2.75) is 20.8 Å². The fraction of sp³-hybridized carbons (Fsp3) is 0.875. The molecular weight excluding hydrogens is 191 g/mol. The minimum atomic E-state index is -2.55. The van der Waals surface area contributed by atoms with Crippen LogP contribution in [-0.2, 0) is 18.6 Å². The standard InChI is InChI=1S/C8H17O4P/c1-8(2,3)7(9)11-6-12-13(4,5)10/h6H2,1-5H3. The molecule has 0 heterocycles. The molecule has 0 unspecified atom stereocenters. The van der Waals surface area contributed by atoms with Crippen LogP contribution in [0.1, 0.15) is 20.8 Å². The molecule has 0 aliphatic rings. The highest BCUT2D eigenvalue weighted by Gasteiger charge is 2.23. The van der Waals surface area contributed by atoms with Crippen molar-refractivity contribution >= 4 is 13.3 Å². The molecule has 0 aromatic carbocycles. The Kier molecular flexibility index (Phi) is 4.14. The number of carbonyl (C=O) groups is 1. The topological polar surface area (TPSA) is 52.6 Å². The van der Waals surface area contributed by atoms with Gasteiger partial charge in [0.2, 0.25) is 0 Å². The molecule has 0 N–H and O–H groups in total. The summed E-state index contributed by atoms with van der Waals surface area (Å²) in [7, 11) is -2.55. The molecule has 0 saturated carbocycles. The number of rotatable bonds is 3. The van der Waals surface area contributed by atoms with Crippen LogP contribution in [0.15, 0.2) is 0 Å². The van der Waals surface area contributed by atoms with Crippen LogP contribution in [0.5, 0.6) is 0 Å². The molecule has 4 nitrogen and oxygen atoms in total. The van der Waals surface area contributed by atoms with E-state index in [1.165, 1.54) is 13.3 Å². The molecule has 13 heavy (non-hydrogen) atoms. The van der Waals surface area contributed by atoms with E-state index in [0.29, 0.717) is 0 Å². The van der Waals surface area contributed by atoms with E-state index in [1.807, 2.05) is 0 Å². The molecule has 0 aliphatic carbocycles. The van der Waals surface area contributed by atoms with Crippen LogP contribution in [-0.4, -0.2) is 26.1 Å². The summed E-state index contributed by atoms with van der Waals surface area (Å²) in [5.74, 6) is -0.360. The first-order chi connectivity index (χ1) is 5.63. The van der Waals surface area contributed by atoms with E-state index in [9.17, 15) is 9.36 Å². The molecule has 0 saturated heterocycles. The van der Waals surface area contributed by atoms with Crippen LogP contribution in [0.25, 0.3) is 0 Å². The highest BCUT2D eigenvalue weighted by atomic mass is 31.2. The molecule has 0 radical (unpaired) electrons. The van der Waals surface area contributed by atoms with E-state index in [1.54, 1.807) is 20.8 Å². The molecule has 0 atom stereocenters. The van der Waals surface area contributed by atoms with Crippen molar-refractivity contribution in [3.05, 3.63) is 0 Å². The maximum Gasteiger partial charge on any atom is 0.313 e. The molecule has 0 fully saturated rings.